The molecule has 0 bridgehead atoms. The summed E-state index contributed by atoms with van der Waals surface area (Å²) in [4.78, 5) is 19.9. The van der Waals surface area contributed by atoms with E-state index in [0.717, 1.165) is 9.37 Å². The first-order valence-electron chi connectivity index (χ1n) is 5.19. The second-order valence-corrected chi connectivity index (χ2v) is 5.91. The molecule has 19 heavy (non-hydrogen) atoms. The molecule has 0 aliphatic carbocycles. The standard InChI is InChI=1S/C12H8BrClN2O2S/c13-7-2-1-3-8(4-7)19-6-10-15-5-9(14)11(16-10)12(17)18/h1-5H,6H2,(H,17,18). The zero-order chi connectivity index (χ0) is 13.8. The summed E-state index contributed by atoms with van der Waals surface area (Å²) >= 11 is 10.6. The van der Waals surface area contributed by atoms with Gasteiger partial charge in [0.15, 0.2) is 5.69 Å². The molecule has 0 unspecified atom stereocenters. The predicted molar refractivity (Wildman–Crippen MR) is 77.7 cm³/mol. The first-order valence-corrected chi connectivity index (χ1v) is 7.35. The molecule has 0 fully saturated rings. The minimum atomic E-state index is -1.15. The van der Waals surface area contributed by atoms with E-state index in [0.29, 0.717) is 11.6 Å². The van der Waals surface area contributed by atoms with E-state index in [-0.39, 0.29) is 10.7 Å². The summed E-state index contributed by atoms with van der Waals surface area (Å²) in [5, 5.41) is 8.97. The topological polar surface area (TPSA) is 63.1 Å². The molecule has 0 saturated carbocycles. The Morgan fingerprint density at radius 3 is 2.95 bits per heavy atom. The highest BCUT2D eigenvalue weighted by Gasteiger charge is 2.12. The molecule has 0 radical (unpaired) electrons. The van der Waals surface area contributed by atoms with Crippen molar-refractivity contribution >= 4 is 45.3 Å². The largest absolute Gasteiger partial charge is 0.476 e. The molecule has 1 aromatic heterocycles. The van der Waals surface area contributed by atoms with Crippen LogP contribution in [-0.4, -0.2) is 21.0 Å². The summed E-state index contributed by atoms with van der Waals surface area (Å²) in [7, 11) is 0. The number of rotatable bonds is 4. The van der Waals surface area contributed by atoms with Crippen LogP contribution in [0.1, 0.15) is 16.3 Å². The molecule has 1 N–H and O–H groups in total. The third-order valence-corrected chi connectivity index (χ3v) is 3.92. The highest BCUT2D eigenvalue weighted by Crippen LogP contribution is 2.24. The van der Waals surface area contributed by atoms with Crippen LogP contribution in [0.4, 0.5) is 0 Å². The summed E-state index contributed by atoms with van der Waals surface area (Å²) < 4.78 is 0.987. The number of benzene rings is 1. The Hall–Kier alpha value is -1.11. The average Bonchev–Trinajstić information content (AvgIpc) is 2.37. The molecule has 0 atom stereocenters. The second kappa shape index (κ2) is 6.36. The normalized spacial score (nSPS) is 10.4. The molecule has 98 valence electrons. The van der Waals surface area contributed by atoms with Gasteiger partial charge >= 0.3 is 5.97 Å². The molecule has 1 heterocycles. The SMILES string of the molecule is O=C(O)c1nc(CSc2cccc(Br)c2)ncc1Cl. The van der Waals surface area contributed by atoms with Gasteiger partial charge in [-0.15, -0.1) is 11.8 Å². The van der Waals surface area contributed by atoms with E-state index in [2.05, 4.69) is 25.9 Å². The van der Waals surface area contributed by atoms with Crippen LogP contribution < -0.4 is 0 Å². The van der Waals surface area contributed by atoms with E-state index in [1.165, 1.54) is 18.0 Å². The molecular weight excluding hydrogens is 352 g/mol. The lowest BCUT2D eigenvalue weighted by Crippen LogP contribution is -2.05. The van der Waals surface area contributed by atoms with E-state index in [1.807, 2.05) is 24.3 Å². The van der Waals surface area contributed by atoms with Gasteiger partial charge in [-0.25, -0.2) is 14.8 Å². The molecule has 7 heteroatoms. The number of carboxylic acids is 1. The molecule has 1 aromatic carbocycles. The number of halogens is 2. The van der Waals surface area contributed by atoms with Gasteiger partial charge < -0.3 is 5.11 Å². The quantitative estimate of drug-likeness (QED) is 0.839. The fraction of sp³-hybridized carbons (Fsp3) is 0.0833. The van der Waals surface area contributed by atoms with Gasteiger partial charge in [-0.1, -0.05) is 33.6 Å². The van der Waals surface area contributed by atoms with Crippen molar-refractivity contribution in [1.29, 1.82) is 0 Å². The van der Waals surface area contributed by atoms with Crippen LogP contribution in [0.5, 0.6) is 0 Å². The van der Waals surface area contributed by atoms with Gasteiger partial charge in [0.05, 0.1) is 17.0 Å². The number of carboxylic acid groups (broad SMARTS) is 1. The third kappa shape index (κ3) is 3.92. The molecule has 2 rings (SSSR count). The second-order valence-electron chi connectivity index (χ2n) is 3.53. The number of aromatic nitrogens is 2. The molecule has 4 nitrogen and oxygen atoms in total. The maximum Gasteiger partial charge on any atom is 0.356 e. The van der Waals surface area contributed by atoms with Crippen molar-refractivity contribution in [2.24, 2.45) is 0 Å². The van der Waals surface area contributed by atoms with Crippen molar-refractivity contribution in [1.82, 2.24) is 9.97 Å². The van der Waals surface area contributed by atoms with Gasteiger partial charge in [-0.3, -0.25) is 0 Å². The minimum Gasteiger partial charge on any atom is -0.476 e. The smallest absolute Gasteiger partial charge is 0.356 e. The Balaban J connectivity index is 2.12. The zero-order valence-corrected chi connectivity index (χ0v) is 12.7. The fourth-order valence-corrected chi connectivity index (χ4v) is 2.87. The maximum atomic E-state index is 10.9. The number of aromatic carboxylic acids is 1. The third-order valence-electron chi connectivity index (χ3n) is 2.16. The Kier molecular flexibility index (Phi) is 4.79. The van der Waals surface area contributed by atoms with Gasteiger partial charge in [0.2, 0.25) is 0 Å². The molecule has 0 aliphatic rings. The number of thioether (sulfide) groups is 1. The van der Waals surface area contributed by atoms with Gasteiger partial charge in [-0.05, 0) is 18.2 Å². The van der Waals surface area contributed by atoms with Crippen molar-refractivity contribution in [2.75, 3.05) is 0 Å². The maximum absolute atomic E-state index is 10.9. The molecular formula is C12H8BrClN2O2S. The number of hydrogen-bond acceptors (Lipinski definition) is 4. The summed E-state index contributed by atoms with van der Waals surface area (Å²) in [5.74, 6) is -0.235. The van der Waals surface area contributed by atoms with Crippen LogP contribution in [-0.2, 0) is 5.75 Å². The first-order chi connectivity index (χ1) is 9.06. The van der Waals surface area contributed by atoms with Crippen molar-refractivity contribution in [3.63, 3.8) is 0 Å². The Morgan fingerprint density at radius 1 is 1.47 bits per heavy atom. The van der Waals surface area contributed by atoms with Crippen LogP contribution in [0.3, 0.4) is 0 Å². The van der Waals surface area contributed by atoms with Crippen molar-refractivity contribution in [3.8, 4) is 0 Å². The molecule has 0 amide bonds. The average molecular weight is 360 g/mol. The van der Waals surface area contributed by atoms with Crippen LogP contribution in [0.15, 0.2) is 39.8 Å². The highest BCUT2D eigenvalue weighted by atomic mass is 79.9. The molecule has 0 spiro atoms. The van der Waals surface area contributed by atoms with E-state index < -0.39 is 5.97 Å². The number of nitrogens with zero attached hydrogens (tertiary/aromatic N) is 2. The molecule has 0 aliphatic heterocycles. The minimum absolute atomic E-state index is 0.0451. The van der Waals surface area contributed by atoms with Crippen LogP contribution in [0.25, 0.3) is 0 Å². The van der Waals surface area contributed by atoms with Gasteiger partial charge in [-0.2, -0.15) is 0 Å². The summed E-state index contributed by atoms with van der Waals surface area (Å²) in [5.41, 5.74) is -0.165. The van der Waals surface area contributed by atoms with Crippen molar-refractivity contribution in [2.45, 2.75) is 10.6 Å². The molecule has 0 saturated heterocycles. The van der Waals surface area contributed by atoms with Gasteiger partial charge in [0.25, 0.3) is 0 Å². The van der Waals surface area contributed by atoms with Crippen LogP contribution in [0, 0.1) is 0 Å². The lowest BCUT2D eigenvalue weighted by molar-refractivity contribution is 0.0690. The van der Waals surface area contributed by atoms with Crippen LogP contribution in [0.2, 0.25) is 5.02 Å². The highest BCUT2D eigenvalue weighted by molar-refractivity contribution is 9.10. The fourth-order valence-electron chi connectivity index (χ4n) is 1.33. The molecule has 2 aromatic rings. The monoisotopic (exact) mass is 358 g/mol. The first kappa shape index (κ1) is 14.3. The van der Waals surface area contributed by atoms with Gasteiger partial charge in [0, 0.05) is 9.37 Å². The van der Waals surface area contributed by atoms with E-state index >= 15 is 0 Å². The van der Waals surface area contributed by atoms with E-state index in [1.54, 1.807) is 0 Å². The van der Waals surface area contributed by atoms with E-state index in [4.69, 9.17) is 16.7 Å². The van der Waals surface area contributed by atoms with Crippen molar-refractivity contribution < 1.29 is 9.90 Å². The van der Waals surface area contributed by atoms with Gasteiger partial charge in [0.1, 0.15) is 5.82 Å². The lowest BCUT2D eigenvalue weighted by Gasteiger charge is -2.03. The Bertz CT molecular complexity index is 624. The summed E-state index contributed by atoms with van der Waals surface area (Å²) in [6.45, 7) is 0. The van der Waals surface area contributed by atoms with E-state index in [9.17, 15) is 4.79 Å². The number of hydrogen-bond donors (Lipinski definition) is 1. The Morgan fingerprint density at radius 2 is 2.26 bits per heavy atom. The van der Waals surface area contributed by atoms with Crippen molar-refractivity contribution in [3.05, 3.63) is 51.5 Å². The Labute approximate surface area is 127 Å². The van der Waals surface area contributed by atoms with Crippen LogP contribution >= 0.6 is 39.3 Å². The lowest BCUT2D eigenvalue weighted by atomic mass is 10.4. The summed E-state index contributed by atoms with van der Waals surface area (Å²) in [6.07, 6.45) is 1.31. The number of carbonyl (C=O) groups is 1. The predicted octanol–water partition coefficient (Wildman–Crippen LogP) is 3.88. The zero-order valence-electron chi connectivity index (χ0n) is 9.51. The summed E-state index contributed by atoms with van der Waals surface area (Å²) in [6, 6.07) is 7.80.